The Morgan fingerprint density at radius 1 is 1.38 bits per heavy atom. The summed E-state index contributed by atoms with van der Waals surface area (Å²) in [4.78, 5) is 10.8. The molecular formula is C13H19NO2. The van der Waals surface area contributed by atoms with Gasteiger partial charge in [0.25, 0.3) is 0 Å². The second-order valence-electron chi connectivity index (χ2n) is 3.99. The molecular weight excluding hydrogens is 202 g/mol. The van der Waals surface area contributed by atoms with E-state index in [-0.39, 0.29) is 5.91 Å². The quantitative estimate of drug-likeness (QED) is 0.796. The van der Waals surface area contributed by atoms with Crippen molar-refractivity contribution in [3.63, 3.8) is 0 Å². The first-order chi connectivity index (χ1) is 7.67. The number of benzene rings is 1. The molecule has 0 heterocycles. The van der Waals surface area contributed by atoms with E-state index in [0.717, 1.165) is 12.0 Å². The number of amides is 1. The highest BCUT2D eigenvalue weighted by Gasteiger charge is 2.03. The van der Waals surface area contributed by atoms with E-state index in [9.17, 15) is 4.79 Å². The monoisotopic (exact) mass is 221 g/mol. The van der Waals surface area contributed by atoms with E-state index in [1.807, 2.05) is 12.1 Å². The zero-order chi connectivity index (χ0) is 12.0. The maximum absolute atomic E-state index is 10.8. The van der Waals surface area contributed by atoms with E-state index in [4.69, 9.17) is 5.11 Å². The van der Waals surface area contributed by atoms with E-state index in [2.05, 4.69) is 31.3 Å². The summed E-state index contributed by atoms with van der Waals surface area (Å²) < 4.78 is 0. The van der Waals surface area contributed by atoms with E-state index in [1.165, 1.54) is 5.56 Å². The molecule has 1 amide bonds. The zero-order valence-corrected chi connectivity index (χ0v) is 9.86. The first-order valence-corrected chi connectivity index (χ1v) is 5.63. The van der Waals surface area contributed by atoms with Crippen LogP contribution >= 0.6 is 0 Å². The molecule has 1 atom stereocenters. The van der Waals surface area contributed by atoms with Crippen LogP contribution < -0.4 is 5.32 Å². The fraction of sp³-hybridized carbons (Fsp3) is 0.462. The minimum atomic E-state index is -0.453. The van der Waals surface area contributed by atoms with Crippen LogP contribution in [0, 0.1) is 0 Å². The Morgan fingerprint density at radius 3 is 2.50 bits per heavy atom. The van der Waals surface area contributed by atoms with Gasteiger partial charge in [-0.25, -0.2) is 0 Å². The van der Waals surface area contributed by atoms with Crippen molar-refractivity contribution in [2.75, 3.05) is 6.61 Å². The number of nitrogens with one attached hydrogen (secondary N) is 1. The first-order valence-electron chi connectivity index (χ1n) is 5.63. The van der Waals surface area contributed by atoms with Gasteiger partial charge >= 0.3 is 0 Å². The normalized spacial score (nSPS) is 12.2. The summed E-state index contributed by atoms with van der Waals surface area (Å²) in [6, 6.07) is 8.21. The van der Waals surface area contributed by atoms with Crippen molar-refractivity contribution in [1.29, 1.82) is 0 Å². The second-order valence-corrected chi connectivity index (χ2v) is 3.99. The number of aliphatic hydroxyl groups is 1. The lowest BCUT2D eigenvalue weighted by Crippen LogP contribution is -2.25. The Balaban J connectivity index is 2.54. The molecule has 0 aliphatic heterocycles. The molecule has 0 bridgehead atoms. The Labute approximate surface area is 96.5 Å². The molecule has 3 nitrogen and oxygen atoms in total. The van der Waals surface area contributed by atoms with Gasteiger partial charge in [-0.3, -0.25) is 4.79 Å². The number of hydrogen-bond donors (Lipinski definition) is 2. The molecule has 1 unspecified atom stereocenters. The number of carbonyl (C=O) groups is 1. The second kappa shape index (κ2) is 6.28. The molecule has 0 saturated heterocycles. The molecule has 3 heteroatoms. The van der Waals surface area contributed by atoms with Crippen molar-refractivity contribution in [3.8, 4) is 0 Å². The summed E-state index contributed by atoms with van der Waals surface area (Å²) >= 11 is 0. The van der Waals surface area contributed by atoms with Gasteiger partial charge in [-0.05, 0) is 23.5 Å². The average Bonchev–Trinajstić information content (AvgIpc) is 2.35. The summed E-state index contributed by atoms with van der Waals surface area (Å²) in [6.07, 6.45) is 1.13. The Bertz CT molecular complexity index is 332. The van der Waals surface area contributed by atoms with Crippen LogP contribution in [-0.2, 0) is 11.3 Å². The summed E-state index contributed by atoms with van der Waals surface area (Å²) in [5.74, 6) is 0.229. The van der Waals surface area contributed by atoms with Gasteiger partial charge in [0.05, 0.1) is 0 Å². The minimum absolute atomic E-state index is 0.342. The Morgan fingerprint density at radius 2 is 2.00 bits per heavy atom. The van der Waals surface area contributed by atoms with Crippen LogP contribution in [0.25, 0.3) is 0 Å². The molecule has 0 saturated carbocycles. The molecule has 1 aromatic rings. The van der Waals surface area contributed by atoms with Crippen LogP contribution in [-0.4, -0.2) is 17.6 Å². The van der Waals surface area contributed by atoms with Crippen LogP contribution in [0.2, 0.25) is 0 Å². The van der Waals surface area contributed by atoms with Gasteiger partial charge in [0.15, 0.2) is 0 Å². The standard InChI is InChI=1S/C13H19NO2/c1-3-10(2)12-6-4-11(5-7-12)8-14-13(16)9-15/h4-7,10,15H,3,8-9H2,1-2H3,(H,14,16). The molecule has 0 aliphatic rings. The predicted molar refractivity (Wildman–Crippen MR) is 64.1 cm³/mol. The zero-order valence-electron chi connectivity index (χ0n) is 9.86. The van der Waals surface area contributed by atoms with E-state index in [1.54, 1.807) is 0 Å². The highest BCUT2D eigenvalue weighted by Crippen LogP contribution is 2.18. The van der Waals surface area contributed by atoms with Crippen LogP contribution in [0.3, 0.4) is 0 Å². The highest BCUT2D eigenvalue weighted by atomic mass is 16.3. The van der Waals surface area contributed by atoms with Crippen molar-refractivity contribution in [3.05, 3.63) is 35.4 Å². The number of carbonyl (C=O) groups excluding carboxylic acids is 1. The van der Waals surface area contributed by atoms with Gasteiger partial charge in [-0.15, -0.1) is 0 Å². The van der Waals surface area contributed by atoms with E-state index >= 15 is 0 Å². The SMILES string of the molecule is CCC(C)c1ccc(CNC(=O)CO)cc1. The molecule has 0 aliphatic carbocycles. The fourth-order valence-electron chi connectivity index (χ4n) is 1.46. The summed E-state index contributed by atoms with van der Waals surface area (Å²) in [7, 11) is 0. The van der Waals surface area contributed by atoms with E-state index in [0.29, 0.717) is 12.5 Å². The van der Waals surface area contributed by atoms with Crippen molar-refractivity contribution in [1.82, 2.24) is 5.32 Å². The van der Waals surface area contributed by atoms with Gasteiger partial charge in [0.2, 0.25) is 5.91 Å². The fourth-order valence-corrected chi connectivity index (χ4v) is 1.46. The lowest BCUT2D eigenvalue weighted by Gasteiger charge is -2.10. The Kier molecular flexibility index (Phi) is 4.99. The maximum atomic E-state index is 10.8. The molecule has 2 N–H and O–H groups in total. The van der Waals surface area contributed by atoms with Gasteiger partial charge in [0, 0.05) is 6.54 Å². The molecule has 1 aromatic carbocycles. The van der Waals surface area contributed by atoms with Crippen LogP contribution in [0.15, 0.2) is 24.3 Å². The molecule has 0 spiro atoms. The average molecular weight is 221 g/mol. The van der Waals surface area contributed by atoms with Crippen molar-refractivity contribution in [2.45, 2.75) is 32.7 Å². The summed E-state index contributed by atoms with van der Waals surface area (Å²) in [5.41, 5.74) is 2.37. The predicted octanol–water partition coefficient (Wildman–Crippen LogP) is 1.81. The largest absolute Gasteiger partial charge is 0.387 e. The summed E-state index contributed by atoms with van der Waals surface area (Å²) in [6.45, 7) is 4.38. The van der Waals surface area contributed by atoms with Gasteiger partial charge in [-0.2, -0.15) is 0 Å². The molecule has 0 fully saturated rings. The first kappa shape index (κ1) is 12.7. The highest BCUT2D eigenvalue weighted by molar-refractivity contribution is 5.76. The summed E-state index contributed by atoms with van der Waals surface area (Å²) in [5, 5.41) is 11.2. The van der Waals surface area contributed by atoms with E-state index < -0.39 is 6.61 Å². The van der Waals surface area contributed by atoms with Gasteiger partial charge in [-0.1, -0.05) is 38.1 Å². The van der Waals surface area contributed by atoms with Crippen molar-refractivity contribution in [2.24, 2.45) is 0 Å². The molecule has 1 rings (SSSR count). The number of rotatable bonds is 5. The van der Waals surface area contributed by atoms with Crippen LogP contribution in [0.1, 0.15) is 37.3 Å². The molecule has 0 aromatic heterocycles. The molecule has 16 heavy (non-hydrogen) atoms. The van der Waals surface area contributed by atoms with Gasteiger partial charge in [0.1, 0.15) is 6.61 Å². The lowest BCUT2D eigenvalue weighted by molar-refractivity contribution is -0.123. The lowest BCUT2D eigenvalue weighted by atomic mass is 9.98. The Hall–Kier alpha value is -1.35. The molecule has 88 valence electrons. The molecule has 0 radical (unpaired) electrons. The number of hydrogen-bond acceptors (Lipinski definition) is 2. The smallest absolute Gasteiger partial charge is 0.245 e. The topological polar surface area (TPSA) is 49.3 Å². The van der Waals surface area contributed by atoms with Gasteiger partial charge < -0.3 is 10.4 Å². The van der Waals surface area contributed by atoms with Crippen molar-refractivity contribution < 1.29 is 9.90 Å². The minimum Gasteiger partial charge on any atom is -0.387 e. The third-order valence-electron chi connectivity index (χ3n) is 2.79. The maximum Gasteiger partial charge on any atom is 0.245 e. The van der Waals surface area contributed by atoms with Crippen LogP contribution in [0.5, 0.6) is 0 Å². The van der Waals surface area contributed by atoms with Crippen LogP contribution in [0.4, 0.5) is 0 Å². The number of aliphatic hydroxyl groups excluding tert-OH is 1. The third kappa shape index (κ3) is 3.66. The van der Waals surface area contributed by atoms with Crippen molar-refractivity contribution >= 4 is 5.91 Å². The third-order valence-corrected chi connectivity index (χ3v) is 2.79.